The Hall–Kier alpha value is -3.68. The van der Waals surface area contributed by atoms with Gasteiger partial charge in [0.05, 0.1) is 12.8 Å². The molecule has 26 heavy (non-hydrogen) atoms. The first-order valence-electron chi connectivity index (χ1n) is 7.79. The molecule has 0 saturated heterocycles. The second kappa shape index (κ2) is 6.32. The first kappa shape index (κ1) is 15.8. The molecule has 7 nitrogen and oxygen atoms in total. The molecule has 130 valence electrons. The van der Waals surface area contributed by atoms with Crippen LogP contribution in [-0.2, 0) is 0 Å². The lowest BCUT2D eigenvalue weighted by atomic mass is 10.1. The van der Waals surface area contributed by atoms with E-state index in [0.717, 1.165) is 5.56 Å². The quantitative estimate of drug-likeness (QED) is 0.590. The maximum absolute atomic E-state index is 13.5. The third-order valence-corrected chi connectivity index (χ3v) is 3.85. The normalized spacial score (nSPS) is 10.8. The molecule has 8 heteroatoms. The van der Waals surface area contributed by atoms with Crippen LogP contribution in [0.3, 0.4) is 0 Å². The second-order valence-electron chi connectivity index (χ2n) is 5.55. The maximum Gasteiger partial charge on any atom is 0.350 e. The molecule has 2 N–H and O–H groups in total. The Morgan fingerprint density at radius 3 is 2.81 bits per heavy atom. The fourth-order valence-electron chi connectivity index (χ4n) is 2.64. The van der Waals surface area contributed by atoms with E-state index < -0.39 is 11.5 Å². The summed E-state index contributed by atoms with van der Waals surface area (Å²) in [5, 5.41) is 9.38. The highest BCUT2D eigenvalue weighted by Crippen LogP contribution is 2.25. The Kier molecular flexibility index (Phi) is 3.85. The van der Waals surface area contributed by atoms with Crippen molar-refractivity contribution in [1.82, 2.24) is 19.6 Å². The maximum atomic E-state index is 13.5. The number of rotatable bonds is 4. The number of ether oxygens (including phenoxy) is 1. The first-order valence-corrected chi connectivity index (χ1v) is 7.79. The van der Waals surface area contributed by atoms with E-state index in [-0.39, 0.29) is 5.95 Å². The predicted molar refractivity (Wildman–Crippen MR) is 95.3 cm³/mol. The van der Waals surface area contributed by atoms with E-state index >= 15 is 0 Å². The topological polar surface area (TPSA) is 84.3 Å². The van der Waals surface area contributed by atoms with Gasteiger partial charge in [-0.25, -0.2) is 23.7 Å². The number of nitrogens with one attached hydrogen (secondary N) is 2. The number of methoxy groups -OCH3 is 1. The summed E-state index contributed by atoms with van der Waals surface area (Å²) in [4.78, 5) is 16.6. The van der Waals surface area contributed by atoms with Gasteiger partial charge in [0.25, 0.3) is 0 Å². The van der Waals surface area contributed by atoms with Crippen LogP contribution in [0.2, 0.25) is 0 Å². The third-order valence-electron chi connectivity index (χ3n) is 3.85. The van der Waals surface area contributed by atoms with Gasteiger partial charge in [-0.15, -0.1) is 0 Å². The van der Waals surface area contributed by atoms with Crippen molar-refractivity contribution in [2.75, 3.05) is 12.4 Å². The van der Waals surface area contributed by atoms with Gasteiger partial charge in [-0.3, -0.25) is 0 Å². The summed E-state index contributed by atoms with van der Waals surface area (Å²) in [6.45, 7) is 0. The van der Waals surface area contributed by atoms with Crippen molar-refractivity contribution in [2.24, 2.45) is 0 Å². The number of benzene rings is 2. The Morgan fingerprint density at radius 2 is 2.00 bits per heavy atom. The number of aromatic nitrogens is 4. The summed E-state index contributed by atoms with van der Waals surface area (Å²) in [5.41, 5.74) is 1.80. The van der Waals surface area contributed by atoms with Gasteiger partial charge in [-0.2, -0.15) is 5.10 Å². The summed E-state index contributed by atoms with van der Waals surface area (Å²) >= 11 is 0. The SMILES string of the molecule is COc1cccc(-c2cc3n[nH]c(=O)n3c(Nc3cccc(F)c3)n2)c1. The Balaban J connectivity index is 1.87. The van der Waals surface area contributed by atoms with Crippen molar-refractivity contribution in [3.05, 3.63) is 70.9 Å². The van der Waals surface area contributed by atoms with Crippen LogP contribution < -0.4 is 15.7 Å². The van der Waals surface area contributed by atoms with Crippen molar-refractivity contribution in [2.45, 2.75) is 0 Å². The number of anilines is 2. The molecule has 0 fully saturated rings. The number of halogens is 1. The zero-order valence-electron chi connectivity index (χ0n) is 13.7. The Morgan fingerprint density at radius 1 is 1.15 bits per heavy atom. The zero-order chi connectivity index (χ0) is 18.1. The summed E-state index contributed by atoms with van der Waals surface area (Å²) in [7, 11) is 1.58. The molecule has 2 aromatic heterocycles. The summed E-state index contributed by atoms with van der Waals surface area (Å²) in [5.74, 6) is 0.516. The molecule has 0 aliphatic carbocycles. The van der Waals surface area contributed by atoms with Crippen LogP contribution >= 0.6 is 0 Å². The minimum atomic E-state index is -0.441. The molecule has 4 aromatic rings. The monoisotopic (exact) mass is 351 g/mol. The van der Waals surface area contributed by atoms with E-state index in [1.807, 2.05) is 24.3 Å². The molecule has 0 spiro atoms. The van der Waals surface area contributed by atoms with Gasteiger partial charge < -0.3 is 10.1 Å². The van der Waals surface area contributed by atoms with Gasteiger partial charge in [0.1, 0.15) is 11.6 Å². The highest BCUT2D eigenvalue weighted by atomic mass is 19.1. The van der Waals surface area contributed by atoms with Crippen LogP contribution in [0.5, 0.6) is 5.75 Å². The lowest BCUT2D eigenvalue weighted by Crippen LogP contribution is -2.14. The van der Waals surface area contributed by atoms with Crippen LogP contribution in [-0.4, -0.2) is 26.7 Å². The van der Waals surface area contributed by atoms with Gasteiger partial charge in [-0.05, 0) is 30.3 Å². The van der Waals surface area contributed by atoms with Gasteiger partial charge in [-0.1, -0.05) is 18.2 Å². The largest absolute Gasteiger partial charge is 0.497 e. The van der Waals surface area contributed by atoms with Crippen LogP contribution in [0.4, 0.5) is 16.0 Å². The Bertz CT molecular complexity index is 1150. The molecule has 4 rings (SSSR count). The highest BCUT2D eigenvalue weighted by molar-refractivity contribution is 5.68. The lowest BCUT2D eigenvalue weighted by Gasteiger charge is -2.10. The third kappa shape index (κ3) is 2.88. The fourth-order valence-corrected chi connectivity index (χ4v) is 2.64. The number of aromatic amines is 1. The molecule has 2 aromatic carbocycles. The van der Waals surface area contributed by atoms with Crippen LogP contribution in [0.25, 0.3) is 16.9 Å². The van der Waals surface area contributed by atoms with Crippen LogP contribution in [0.15, 0.2) is 59.4 Å². The minimum absolute atomic E-state index is 0.227. The van der Waals surface area contributed by atoms with Crippen molar-refractivity contribution >= 4 is 17.3 Å². The Labute approximate surface area is 147 Å². The molecule has 0 aliphatic heterocycles. The summed E-state index contributed by atoms with van der Waals surface area (Å²) < 4.78 is 20.0. The van der Waals surface area contributed by atoms with Gasteiger partial charge in [0.15, 0.2) is 5.65 Å². The van der Waals surface area contributed by atoms with E-state index in [4.69, 9.17) is 4.74 Å². The number of nitrogens with zero attached hydrogens (tertiary/aromatic N) is 3. The predicted octanol–water partition coefficient (Wildman–Crippen LogP) is 2.98. The summed E-state index contributed by atoms with van der Waals surface area (Å²) in [6.07, 6.45) is 0. The molecular formula is C18H14FN5O2. The number of fused-ring (bicyclic) bond motifs is 1. The molecule has 0 saturated carbocycles. The minimum Gasteiger partial charge on any atom is -0.497 e. The lowest BCUT2D eigenvalue weighted by molar-refractivity contribution is 0.415. The zero-order valence-corrected chi connectivity index (χ0v) is 13.7. The summed E-state index contributed by atoms with van der Waals surface area (Å²) in [6, 6.07) is 15.0. The average Bonchev–Trinajstić information content (AvgIpc) is 3.03. The average molecular weight is 351 g/mol. The van der Waals surface area contributed by atoms with Crippen molar-refractivity contribution in [3.63, 3.8) is 0 Å². The van der Waals surface area contributed by atoms with Crippen molar-refractivity contribution < 1.29 is 9.13 Å². The first-order chi connectivity index (χ1) is 12.6. The molecule has 0 unspecified atom stereocenters. The molecule has 0 amide bonds. The van der Waals surface area contributed by atoms with Crippen LogP contribution in [0.1, 0.15) is 0 Å². The van der Waals surface area contributed by atoms with Crippen LogP contribution in [0, 0.1) is 5.82 Å². The number of hydrogen-bond acceptors (Lipinski definition) is 5. The standard InChI is InChI=1S/C18H14FN5O2/c1-26-14-7-2-4-11(8-14)15-10-16-22-23-18(25)24(16)17(21-15)20-13-6-3-5-12(19)9-13/h2-10H,1H3,(H,20,21)(H,23,25). The van der Waals surface area contributed by atoms with E-state index in [9.17, 15) is 9.18 Å². The molecule has 2 heterocycles. The molecule has 0 atom stereocenters. The smallest absolute Gasteiger partial charge is 0.350 e. The van der Waals surface area contributed by atoms with E-state index in [0.29, 0.717) is 22.8 Å². The van der Waals surface area contributed by atoms with Gasteiger partial charge in [0, 0.05) is 17.3 Å². The molecular weight excluding hydrogens is 337 g/mol. The molecule has 0 radical (unpaired) electrons. The van der Waals surface area contributed by atoms with Gasteiger partial charge >= 0.3 is 5.69 Å². The van der Waals surface area contributed by atoms with E-state index in [2.05, 4.69) is 20.5 Å². The highest BCUT2D eigenvalue weighted by Gasteiger charge is 2.12. The number of H-pyrrole nitrogens is 1. The molecule has 0 aliphatic rings. The van der Waals surface area contributed by atoms with E-state index in [1.165, 1.54) is 16.5 Å². The van der Waals surface area contributed by atoms with Gasteiger partial charge in [0.2, 0.25) is 5.95 Å². The second-order valence-corrected chi connectivity index (χ2v) is 5.55. The van der Waals surface area contributed by atoms with E-state index in [1.54, 1.807) is 25.3 Å². The van der Waals surface area contributed by atoms with Crippen molar-refractivity contribution in [1.29, 1.82) is 0 Å². The number of hydrogen-bond donors (Lipinski definition) is 2. The fraction of sp³-hybridized carbons (Fsp3) is 0.0556. The van der Waals surface area contributed by atoms with Crippen molar-refractivity contribution in [3.8, 4) is 17.0 Å². The molecule has 0 bridgehead atoms.